The number of hydrogen-bond donors (Lipinski definition) is 2. The molecule has 2 N–H and O–H groups in total. The molecule has 5 aromatic rings. The van der Waals surface area contributed by atoms with Crippen molar-refractivity contribution >= 4 is 52.1 Å². The molecular weight excluding hydrogens is 757 g/mol. The van der Waals surface area contributed by atoms with Crippen LogP contribution in [0.5, 0.6) is 0 Å². The number of amides is 4. The molecule has 1 aliphatic heterocycles. The minimum atomic E-state index is -4.63. The third kappa shape index (κ3) is 8.87. The second-order valence-corrected chi connectivity index (χ2v) is 16.7. The molecule has 0 bridgehead atoms. The van der Waals surface area contributed by atoms with Crippen LogP contribution in [-0.4, -0.2) is 96.4 Å². The molecule has 308 valence electrons. The highest BCUT2D eigenvalue weighted by Crippen LogP contribution is 2.44. The smallest absolute Gasteiger partial charge is 0.425 e. The number of nitrogens with zero attached hydrogens (tertiary/aromatic N) is 8. The summed E-state index contributed by atoms with van der Waals surface area (Å²) in [4.78, 5) is 59.3. The van der Waals surface area contributed by atoms with Crippen LogP contribution in [0.25, 0.3) is 27.9 Å². The lowest BCUT2D eigenvalue weighted by Gasteiger charge is -2.33. The summed E-state index contributed by atoms with van der Waals surface area (Å²) in [6.45, 7) is 13.1. The van der Waals surface area contributed by atoms with Crippen LogP contribution in [-0.2, 0) is 22.2 Å². The van der Waals surface area contributed by atoms with E-state index >= 15 is 0 Å². The summed E-state index contributed by atoms with van der Waals surface area (Å²) in [7, 11) is 1.98. The molecule has 1 saturated carbocycles. The predicted molar refractivity (Wildman–Crippen MR) is 212 cm³/mol. The van der Waals surface area contributed by atoms with Crippen LogP contribution in [0.15, 0.2) is 55.2 Å². The molecule has 58 heavy (non-hydrogen) atoms. The van der Waals surface area contributed by atoms with Crippen LogP contribution in [0.4, 0.5) is 44.7 Å². The number of urea groups is 1. The zero-order valence-corrected chi connectivity index (χ0v) is 33.5. The number of anilines is 3. The molecule has 0 unspecified atom stereocenters. The molecule has 4 amide bonds. The normalized spacial score (nSPS) is 15.8. The Balaban J connectivity index is 1.22. The van der Waals surface area contributed by atoms with Crippen molar-refractivity contribution in [2.24, 2.45) is 0 Å². The molecule has 2 fully saturated rings. The zero-order chi connectivity index (χ0) is 41.7. The summed E-state index contributed by atoms with van der Waals surface area (Å²) in [6, 6.07) is 6.49. The number of carbonyl (C=O) groups is 3. The van der Waals surface area contributed by atoms with Crippen molar-refractivity contribution in [3.8, 4) is 11.3 Å². The van der Waals surface area contributed by atoms with Gasteiger partial charge in [-0.25, -0.2) is 29.3 Å². The number of benzene rings is 1. The molecule has 1 aliphatic carbocycles. The topological polar surface area (TPSA) is 151 Å². The Kier molecular flexibility index (Phi) is 10.6. The van der Waals surface area contributed by atoms with Gasteiger partial charge in [-0.3, -0.25) is 9.30 Å². The van der Waals surface area contributed by atoms with Gasteiger partial charge < -0.3 is 29.6 Å². The van der Waals surface area contributed by atoms with E-state index in [1.165, 1.54) is 24.7 Å². The third-order valence-electron chi connectivity index (χ3n) is 9.63. The molecule has 1 saturated heterocycles. The van der Waals surface area contributed by atoms with Crippen LogP contribution in [0, 0.1) is 0 Å². The van der Waals surface area contributed by atoms with Gasteiger partial charge in [-0.05, 0) is 91.3 Å². The molecule has 1 aromatic carbocycles. The lowest BCUT2D eigenvalue weighted by molar-refractivity contribution is -0.138. The molecule has 0 atom stereocenters. The predicted octanol–water partition coefficient (Wildman–Crippen LogP) is 8.17. The highest BCUT2D eigenvalue weighted by atomic mass is 19.4. The van der Waals surface area contributed by atoms with Crippen molar-refractivity contribution in [2.45, 2.75) is 84.3 Å². The lowest BCUT2D eigenvalue weighted by Crippen LogP contribution is -2.44. The van der Waals surface area contributed by atoms with Gasteiger partial charge in [0.05, 0.1) is 22.3 Å². The highest BCUT2D eigenvalue weighted by Gasteiger charge is 2.38. The van der Waals surface area contributed by atoms with E-state index in [2.05, 4.69) is 30.5 Å². The van der Waals surface area contributed by atoms with Gasteiger partial charge in [-0.15, -0.1) is 0 Å². The molecule has 0 radical (unpaired) electrons. The number of pyridine rings is 1. The average Bonchev–Trinajstić information content (AvgIpc) is 3.69. The van der Waals surface area contributed by atoms with Crippen LogP contribution >= 0.6 is 0 Å². The number of fused-ring (bicyclic) bond motifs is 2. The van der Waals surface area contributed by atoms with Crippen LogP contribution in [0.1, 0.15) is 71.6 Å². The number of imide groups is 1. The quantitative estimate of drug-likeness (QED) is 0.165. The standard InChI is InChI=1S/C40H47F3N10O5/c1-38(2,3)57-36(55)53(37(56)58-39(4,5)6)34-31-27(22-52(26-10-11-26)33(31)45-23-46-34)30-13-12-29(32-44-14-15-51(30)32)48-35(54)47-25-9-8-24(28(20-25)40(41,42)43)21-50-18-16-49(7)17-19-50/h8-9,12-15,20,22-23,26H,10-11,16-19,21H2,1-7H3,(H2,47,48,54). The fraction of sp³-hybridized carbons (Fsp3) is 0.450. The summed E-state index contributed by atoms with van der Waals surface area (Å²) in [6.07, 6.45) is 1.54. The minimum Gasteiger partial charge on any atom is -0.443 e. The Morgan fingerprint density at radius 2 is 1.53 bits per heavy atom. The average molecular weight is 805 g/mol. The first kappa shape index (κ1) is 40.4. The maximum atomic E-state index is 14.2. The van der Waals surface area contributed by atoms with Crippen LogP contribution in [0.3, 0.4) is 0 Å². The van der Waals surface area contributed by atoms with E-state index in [-0.39, 0.29) is 35.3 Å². The molecular formula is C40H47F3N10O5. The van der Waals surface area contributed by atoms with Crippen LogP contribution < -0.4 is 15.5 Å². The number of ether oxygens (including phenoxy) is 2. The van der Waals surface area contributed by atoms with E-state index in [0.29, 0.717) is 41.0 Å². The first-order chi connectivity index (χ1) is 27.3. The van der Waals surface area contributed by atoms with Crippen molar-refractivity contribution < 1.29 is 37.0 Å². The van der Waals surface area contributed by atoms with E-state index in [9.17, 15) is 27.6 Å². The summed E-state index contributed by atoms with van der Waals surface area (Å²) >= 11 is 0. The highest BCUT2D eigenvalue weighted by molar-refractivity contribution is 6.16. The molecule has 7 rings (SSSR count). The summed E-state index contributed by atoms with van der Waals surface area (Å²) < 4.78 is 57.8. The minimum absolute atomic E-state index is 0.0251. The Labute approximate surface area is 333 Å². The van der Waals surface area contributed by atoms with E-state index in [0.717, 1.165) is 36.9 Å². The fourth-order valence-corrected chi connectivity index (χ4v) is 6.85. The number of hydrogen-bond acceptors (Lipinski definition) is 10. The van der Waals surface area contributed by atoms with Gasteiger partial charge in [0.1, 0.15) is 23.2 Å². The molecule has 18 heteroatoms. The summed E-state index contributed by atoms with van der Waals surface area (Å²) in [5.74, 6) is -0.0504. The number of carbonyl (C=O) groups excluding carboxylic acids is 3. The molecule has 15 nitrogen and oxygen atoms in total. The van der Waals surface area contributed by atoms with Gasteiger partial charge >= 0.3 is 24.4 Å². The number of nitrogens with one attached hydrogen (secondary N) is 2. The Morgan fingerprint density at radius 1 is 0.862 bits per heavy atom. The van der Waals surface area contributed by atoms with Crippen molar-refractivity contribution in [3.05, 3.63) is 66.4 Å². The lowest BCUT2D eigenvalue weighted by atomic mass is 10.0. The summed E-state index contributed by atoms with van der Waals surface area (Å²) in [5.41, 5.74) is -0.469. The molecule has 0 spiro atoms. The van der Waals surface area contributed by atoms with Gasteiger partial charge in [-0.1, -0.05) is 6.07 Å². The first-order valence-electron chi connectivity index (χ1n) is 19.0. The number of rotatable bonds is 7. The van der Waals surface area contributed by atoms with Crippen molar-refractivity contribution in [2.75, 3.05) is 48.8 Å². The number of imidazole rings is 1. The van der Waals surface area contributed by atoms with Gasteiger partial charge in [0, 0.05) is 68.6 Å². The van der Waals surface area contributed by atoms with E-state index in [1.807, 2.05) is 22.7 Å². The van der Waals surface area contributed by atoms with Crippen molar-refractivity contribution in [3.63, 3.8) is 0 Å². The molecule has 4 aromatic heterocycles. The Hall–Kier alpha value is -5.75. The van der Waals surface area contributed by atoms with E-state index in [4.69, 9.17) is 9.47 Å². The SMILES string of the molecule is CN1CCN(Cc2ccc(NC(=O)Nc3ccc(-c4cn(C5CC5)c5ncnc(N(C(=O)OC(C)(C)C)C(=O)OC(C)(C)C)c45)n4ccnc34)cc2C(F)(F)F)CC1. The third-order valence-corrected chi connectivity index (χ3v) is 9.63. The zero-order valence-electron chi connectivity index (χ0n) is 33.5. The van der Waals surface area contributed by atoms with Gasteiger partial charge in [0.2, 0.25) is 0 Å². The maximum Gasteiger partial charge on any atom is 0.425 e. The summed E-state index contributed by atoms with van der Waals surface area (Å²) in [5, 5.41) is 5.64. The number of alkyl halides is 3. The van der Waals surface area contributed by atoms with Gasteiger partial charge in [0.15, 0.2) is 11.5 Å². The van der Waals surface area contributed by atoms with E-state index < -0.39 is 41.2 Å². The number of likely N-dealkylation sites (N-methyl/N-ethyl adjacent to an activating group) is 1. The van der Waals surface area contributed by atoms with Gasteiger partial charge in [-0.2, -0.15) is 18.1 Å². The maximum absolute atomic E-state index is 14.2. The molecule has 5 heterocycles. The first-order valence-corrected chi connectivity index (χ1v) is 19.0. The monoisotopic (exact) mass is 804 g/mol. The number of halogens is 3. The Morgan fingerprint density at radius 3 is 2.16 bits per heavy atom. The van der Waals surface area contributed by atoms with Crippen LogP contribution in [0.2, 0.25) is 0 Å². The number of piperazine rings is 1. The number of aromatic nitrogens is 5. The Bertz CT molecular complexity index is 2340. The second kappa shape index (κ2) is 15.2. The fourth-order valence-electron chi connectivity index (χ4n) is 6.85. The second-order valence-electron chi connectivity index (χ2n) is 16.7. The van der Waals surface area contributed by atoms with E-state index in [1.54, 1.807) is 64.3 Å². The largest absolute Gasteiger partial charge is 0.443 e. The molecule has 2 aliphatic rings. The van der Waals surface area contributed by atoms with Crippen molar-refractivity contribution in [1.29, 1.82) is 0 Å². The van der Waals surface area contributed by atoms with Gasteiger partial charge in [0.25, 0.3) is 0 Å². The van der Waals surface area contributed by atoms with Crippen molar-refractivity contribution in [1.82, 2.24) is 33.7 Å².